The van der Waals surface area contributed by atoms with Gasteiger partial charge in [-0.25, -0.2) is 4.98 Å². The fourth-order valence-corrected chi connectivity index (χ4v) is 4.56. The van der Waals surface area contributed by atoms with Gasteiger partial charge in [-0.05, 0) is 30.4 Å². The number of nitrogens with one attached hydrogen (secondary N) is 1. The van der Waals surface area contributed by atoms with Gasteiger partial charge in [-0.3, -0.25) is 9.59 Å². The number of hydrogen-bond acceptors (Lipinski definition) is 6. The maximum Gasteiger partial charge on any atom is 0.243 e. The summed E-state index contributed by atoms with van der Waals surface area (Å²) in [6.07, 6.45) is -0.519. The van der Waals surface area contributed by atoms with Crippen molar-refractivity contribution in [1.82, 2.24) is 15.2 Å². The van der Waals surface area contributed by atoms with Crippen molar-refractivity contribution in [2.24, 2.45) is 11.1 Å². The Kier molecular flexibility index (Phi) is 10.3. The Hall–Kier alpha value is -1.71. The predicted molar refractivity (Wildman–Crippen MR) is 137 cm³/mol. The molecule has 1 aliphatic heterocycles. The first-order chi connectivity index (χ1) is 14.5. The summed E-state index contributed by atoms with van der Waals surface area (Å²) < 4.78 is 0. The third kappa shape index (κ3) is 6.67. The van der Waals surface area contributed by atoms with Crippen LogP contribution in [0.2, 0.25) is 0 Å². The Morgan fingerprint density at radius 1 is 1.24 bits per heavy atom. The molecule has 4 atom stereocenters. The highest BCUT2D eigenvalue weighted by atomic mass is 35.5. The molecule has 1 aromatic heterocycles. The summed E-state index contributed by atoms with van der Waals surface area (Å²) in [5.41, 5.74) is 10.6. The number of rotatable bonds is 5. The van der Waals surface area contributed by atoms with Crippen LogP contribution >= 0.6 is 36.2 Å². The zero-order chi connectivity index (χ0) is 22.9. The fourth-order valence-electron chi connectivity index (χ4n) is 3.75. The number of nitrogens with two attached hydrogens (primary N) is 1. The molecule has 0 saturated carbocycles. The number of aliphatic hydroxyl groups is 1. The van der Waals surface area contributed by atoms with Crippen LogP contribution in [0.5, 0.6) is 0 Å². The number of amides is 2. The van der Waals surface area contributed by atoms with E-state index in [2.05, 4.69) is 10.3 Å². The number of halogens is 2. The number of likely N-dealkylation sites (tertiary alicyclic amines) is 1. The van der Waals surface area contributed by atoms with Crippen LogP contribution in [-0.4, -0.2) is 51.5 Å². The highest BCUT2D eigenvalue weighted by Gasteiger charge is 2.42. The van der Waals surface area contributed by atoms with Crippen LogP contribution in [0.15, 0.2) is 29.8 Å². The quantitative estimate of drug-likeness (QED) is 0.563. The maximum absolute atomic E-state index is 13.0. The average molecular weight is 518 g/mol. The van der Waals surface area contributed by atoms with Crippen molar-refractivity contribution in [2.75, 3.05) is 6.54 Å². The molecule has 0 radical (unpaired) electrons. The smallest absolute Gasteiger partial charge is 0.243 e. The summed E-state index contributed by atoms with van der Waals surface area (Å²) in [7, 11) is 0. The summed E-state index contributed by atoms with van der Waals surface area (Å²) in [6, 6.07) is 6.32. The highest BCUT2D eigenvalue weighted by Crippen LogP contribution is 2.29. The molecule has 2 amide bonds. The molecule has 1 aliphatic rings. The molecule has 7 nitrogen and oxygen atoms in total. The Morgan fingerprint density at radius 2 is 1.85 bits per heavy atom. The normalized spacial score (nSPS) is 19.8. The van der Waals surface area contributed by atoms with Crippen molar-refractivity contribution in [3.63, 3.8) is 0 Å². The summed E-state index contributed by atoms with van der Waals surface area (Å²) >= 11 is 1.60. The first-order valence-electron chi connectivity index (χ1n) is 10.5. The van der Waals surface area contributed by atoms with Crippen molar-refractivity contribution >= 4 is 48.0 Å². The van der Waals surface area contributed by atoms with Crippen LogP contribution in [0.25, 0.3) is 10.4 Å². The van der Waals surface area contributed by atoms with Gasteiger partial charge in [0.05, 0.1) is 34.3 Å². The zero-order valence-electron chi connectivity index (χ0n) is 19.6. The third-order valence-electron chi connectivity index (χ3n) is 5.84. The van der Waals surface area contributed by atoms with E-state index in [-0.39, 0.29) is 55.6 Å². The van der Waals surface area contributed by atoms with E-state index in [0.29, 0.717) is 0 Å². The molecular formula is C23H34Cl2N4O3S. The van der Waals surface area contributed by atoms with E-state index >= 15 is 0 Å². The van der Waals surface area contributed by atoms with E-state index in [1.165, 1.54) is 4.90 Å². The van der Waals surface area contributed by atoms with Gasteiger partial charge < -0.3 is 21.1 Å². The standard InChI is InChI=1S/C23H32N4O3S.2ClH/c1-13(15-6-8-16(9-7-15)19-14(2)25-12-31-19)26-21(29)18-10-17(28)11-27(18)22(30)20(24)23(3,4)5;;/h6-9,12-13,17-18,20,28H,10-11,24H2,1-5H3,(H,26,29);2*1H/t13-,17+,18-,20?;;/m0../s1. The lowest BCUT2D eigenvalue weighted by molar-refractivity contribution is -0.141. The van der Waals surface area contributed by atoms with Crippen molar-refractivity contribution in [2.45, 2.75) is 65.3 Å². The number of carbonyl (C=O) groups is 2. The Morgan fingerprint density at radius 3 is 2.36 bits per heavy atom. The molecular weight excluding hydrogens is 483 g/mol. The molecule has 184 valence electrons. The average Bonchev–Trinajstić information content (AvgIpc) is 3.31. The van der Waals surface area contributed by atoms with Gasteiger partial charge in [0, 0.05) is 13.0 Å². The molecule has 0 bridgehead atoms. The Balaban J connectivity index is 0.00000272. The second-order valence-corrected chi connectivity index (χ2v) is 10.2. The van der Waals surface area contributed by atoms with Crippen LogP contribution in [-0.2, 0) is 9.59 Å². The summed E-state index contributed by atoms with van der Waals surface area (Å²) in [5.74, 6) is -0.581. The minimum Gasteiger partial charge on any atom is -0.391 e. The van der Waals surface area contributed by atoms with Gasteiger partial charge in [0.25, 0.3) is 0 Å². The SMILES string of the molecule is Cc1ncsc1-c1ccc([C@H](C)NC(=O)[C@@H]2C[C@@H](O)CN2C(=O)C(N)C(C)(C)C)cc1.Cl.Cl. The van der Waals surface area contributed by atoms with Gasteiger partial charge in [-0.15, -0.1) is 36.2 Å². The minimum absolute atomic E-state index is 0. The van der Waals surface area contributed by atoms with Gasteiger partial charge in [-0.1, -0.05) is 45.0 Å². The molecule has 0 spiro atoms. The lowest BCUT2D eigenvalue weighted by Crippen LogP contribution is -2.55. The molecule has 1 saturated heterocycles. The van der Waals surface area contributed by atoms with Crippen LogP contribution in [0, 0.1) is 12.3 Å². The van der Waals surface area contributed by atoms with Crippen molar-refractivity contribution in [3.05, 3.63) is 41.0 Å². The maximum atomic E-state index is 13.0. The monoisotopic (exact) mass is 516 g/mol. The number of aliphatic hydroxyl groups excluding tert-OH is 1. The highest BCUT2D eigenvalue weighted by molar-refractivity contribution is 7.13. The van der Waals surface area contributed by atoms with Crippen molar-refractivity contribution in [3.8, 4) is 10.4 Å². The second kappa shape index (κ2) is 11.6. The molecule has 3 rings (SSSR count). The van der Waals surface area contributed by atoms with E-state index in [4.69, 9.17) is 5.73 Å². The molecule has 0 aliphatic carbocycles. The number of hydrogen-bond donors (Lipinski definition) is 3. The number of aryl methyl sites for hydroxylation is 1. The Labute approximate surface area is 212 Å². The predicted octanol–water partition coefficient (Wildman–Crippen LogP) is 3.47. The van der Waals surface area contributed by atoms with Gasteiger partial charge in [-0.2, -0.15) is 0 Å². The van der Waals surface area contributed by atoms with Gasteiger partial charge >= 0.3 is 0 Å². The first kappa shape index (κ1) is 29.3. The fraction of sp³-hybridized carbons (Fsp3) is 0.522. The van der Waals surface area contributed by atoms with E-state index in [0.717, 1.165) is 21.7 Å². The number of nitrogens with zero attached hydrogens (tertiary/aromatic N) is 2. The van der Waals surface area contributed by atoms with E-state index in [1.807, 2.05) is 64.4 Å². The molecule has 33 heavy (non-hydrogen) atoms. The largest absolute Gasteiger partial charge is 0.391 e. The summed E-state index contributed by atoms with van der Waals surface area (Å²) in [6.45, 7) is 9.67. The second-order valence-electron chi connectivity index (χ2n) is 9.36. The van der Waals surface area contributed by atoms with Gasteiger partial charge in [0.15, 0.2) is 0 Å². The molecule has 2 heterocycles. The van der Waals surface area contributed by atoms with Crippen LogP contribution < -0.4 is 11.1 Å². The van der Waals surface area contributed by atoms with Crippen LogP contribution in [0.1, 0.15) is 51.4 Å². The van der Waals surface area contributed by atoms with Gasteiger partial charge in [0.1, 0.15) is 6.04 Å². The Bertz CT molecular complexity index is 946. The molecule has 4 N–H and O–H groups in total. The summed E-state index contributed by atoms with van der Waals surface area (Å²) in [5, 5.41) is 13.1. The molecule has 1 aromatic carbocycles. The van der Waals surface area contributed by atoms with Crippen molar-refractivity contribution < 1.29 is 14.7 Å². The lowest BCUT2D eigenvalue weighted by atomic mass is 9.86. The third-order valence-corrected chi connectivity index (χ3v) is 6.82. The molecule has 2 aromatic rings. The van der Waals surface area contributed by atoms with Crippen LogP contribution in [0.4, 0.5) is 0 Å². The topological polar surface area (TPSA) is 109 Å². The van der Waals surface area contributed by atoms with Gasteiger partial charge in [0.2, 0.25) is 11.8 Å². The van der Waals surface area contributed by atoms with Crippen molar-refractivity contribution in [1.29, 1.82) is 0 Å². The minimum atomic E-state index is -0.742. The number of aromatic nitrogens is 1. The number of β-amino-alcohol motifs (C(OH)–C–C–N with tert-alkyl or cyclic N) is 1. The van der Waals surface area contributed by atoms with Crippen LogP contribution in [0.3, 0.4) is 0 Å². The summed E-state index contributed by atoms with van der Waals surface area (Å²) in [4.78, 5) is 32.7. The number of benzene rings is 1. The van der Waals surface area contributed by atoms with E-state index < -0.39 is 23.6 Å². The molecule has 1 fully saturated rings. The first-order valence-corrected chi connectivity index (χ1v) is 11.4. The number of carbonyl (C=O) groups excluding carboxylic acids is 2. The molecule has 1 unspecified atom stereocenters. The zero-order valence-corrected chi connectivity index (χ0v) is 22.0. The molecule has 10 heteroatoms. The lowest BCUT2D eigenvalue weighted by Gasteiger charge is -2.32. The van der Waals surface area contributed by atoms with E-state index in [1.54, 1.807) is 11.3 Å². The van der Waals surface area contributed by atoms with E-state index in [9.17, 15) is 14.7 Å². The number of thiazole rings is 1.